The summed E-state index contributed by atoms with van der Waals surface area (Å²) in [5.74, 6) is 0.847. The van der Waals surface area contributed by atoms with Gasteiger partial charge in [0, 0.05) is 24.9 Å². The lowest BCUT2D eigenvalue weighted by Crippen LogP contribution is -2.45. The topological polar surface area (TPSA) is 20.3 Å². The molecule has 0 N–H and O–H groups in total. The summed E-state index contributed by atoms with van der Waals surface area (Å²) in [7, 11) is 0. The molecule has 0 aromatic carbocycles. The minimum absolute atomic E-state index is 0.285. The van der Waals surface area contributed by atoms with Gasteiger partial charge in [-0.3, -0.25) is 4.79 Å². The first kappa shape index (κ1) is 10.8. The highest BCUT2D eigenvalue weighted by atomic mass is 35.5. The predicted molar refractivity (Wildman–Crippen MR) is 55.0 cm³/mol. The fraction of sp³-hybridized carbons (Fsp3) is 0.900. The Morgan fingerprint density at radius 1 is 1.54 bits per heavy atom. The Balaban J connectivity index is 2.40. The van der Waals surface area contributed by atoms with Gasteiger partial charge in [0.25, 0.3) is 0 Å². The molecule has 1 rings (SSSR count). The standard InChI is InChI=1S/C10H18ClNO/c1-2-4-10(13)12(8-7-11)9-5-3-6-9/h9H,2-8H2,1H3. The molecule has 0 aromatic rings. The molecule has 1 fully saturated rings. The fourth-order valence-electron chi connectivity index (χ4n) is 1.66. The molecule has 0 unspecified atom stereocenters. The lowest BCUT2D eigenvalue weighted by atomic mass is 9.91. The predicted octanol–water partition coefficient (Wildman–Crippen LogP) is 2.41. The fourth-order valence-corrected chi connectivity index (χ4v) is 1.84. The van der Waals surface area contributed by atoms with Gasteiger partial charge in [-0.2, -0.15) is 0 Å². The molecule has 0 aromatic heterocycles. The van der Waals surface area contributed by atoms with Crippen molar-refractivity contribution in [2.45, 2.75) is 45.1 Å². The van der Waals surface area contributed by atoms with E-state index in [9.17, 15) is 4.79 Å². The van der Waals surface area contributed by atoms with E-state index in [1.165, 1.54) is 19.3 Å². The zero-order valence-electron chi connectivity index (χ0n) is 8.26. The van der Waals surface area contributed by atoms with Crippen LogP contribution >= 0.6 is 11.6 Å². The molecular weight excluding hydrogens is 186 g/mol. The van der Waals surface area contributed by atoms with Crippen LogP contribution in [0, 0.1) is 0 Å². The number of carbonyl (C=O) groups excluding carboxylic acids is 1. The van der Waals surface area contributed by atoms with Crippen LogP contribution < -0.4 is 0 Å². The van der Waals surface area contributed by atoms with Crippen molar-refractivity contribution in [2.24, 2.45) is 0 Å². The molecule has 0 spiro atoms. The first-order valence-electron chi connectivity index (χ1n) is 5.15. The largest absolute Gasteiger partial charge is 0.339 e. The summed E-state index contributed by atoms with van der Waals surface area (Å²) >= 11 is 5.67. The second-order valence-corrected chi connectivity index (χ2v) is 3.99. The first-order valence-corrected chi connectivity index (χ1v) is 5.68. The Hall–Kier alpha value is -0.240. The molecule has 0 saturated heterocycles. The van der Waals surface area contributed by atoms with E-state index in [-0.39, 0.29) is 5.91 Å². The minimum atomic E-state index is 0.285. The van der Waals surface area contributed by atoms with E-state index in [2.05, 4.69) is 0 Å². The Morgan fingerprint density at radius 2 is 2.23 bits per heavy atom. The maximum Gasteiger partial charge on any atom is 0.222 e. The average molecular weight is 204 g/mol. The maximum atomic E-state index is 11.6. The van der Waals surface area contributed by atoms with Crippen molar-refractivity contribution >= 4 is 17.5 Å². The Morgan fingerprint density at radius 3 is 2.62 bits per heavy atom. The summed E-state index contributed by atoms with van der Waals surface area (Å²) in [4.78, 5) is 13.6. The van der Waals surface area contributed by atoms with E-state index in [4.69, 9.17) is 11.6 Å². The van der Waals surface area contributed by atoms with Gasteiger partial charge in [0.1, 0.15) is 0 Å². The average Bonchev–Trinajstić information content (AvgIpc) is 2.01. The van der Waals surface area contributed by atoms with Crippen molar-refractivity contribution < 1.29 is 4.79 Å². The first-order chi connectivity index (χ1) is 6.29. The monoisotopic (exact) mass is 203 g/mol. The third-order valence-corrected chi connectivity index (χ3v) is 2.79. The zero-order valence-corrected chi connectivity index (χ0v) is 9.02. The summed E-state index contributed by atoms with van der Waals surface area (Å²) < 4.78 is 0. The van der Waals surface area contributed by atoms with Crippen molar-refractivity contribution in [3.05, 3.63) is 0 Å². The number of carbonyl (C=O) groups is 1. The van der Waals surface area contributed by atoms with Crippen LogP contribution in [0.5, 0.6) is 0 Å². The van der Waals surface area contributed by atoms with E-state index >= 15 is 0 Å². The van der Waals surface area contributed by atoms with Crippen LogP contribution in [0.15, 0.2) is 0 Å². The quantitative estimate of drug-likeness (QED) is 0.629. The summed E-state index contributed by atoms with van der Waals surface area (Å²) in [5, 5.41) is 0. The summed E-state index contributed by atoms with van der Waals surface area (Å²) in [6, 6.07) is 0.498. The Bertz CT molecular complexity index is 168. The van der Waals surface area contributed by atoms with Gasteiger partial charge >= 0.3 is 0 Å². The van der Waals surface area contributed by atoms with Gasteiger partial charge in [-0.05, 0) is 25.7 Å². The Kier molecular flexibility index (Phi) is 4.57. The zero-order chi connectivity index (χ0) is 9.68. The number of alkyl halides is 1. The molecule has 76 valence electrons. The normalized spacial score (nSPS) is 16.8. The SMILES string of the molecule is CCCC(=O)N(CCCl)C1CCC1. The molecule has 1 amide bonds. The van der Waals surface area contributed by atoms with Crippen molar-refractivity contribution in [1.29, 1.82) is 0 Å². The van der Waals surface area contributed by atoms with Crippen LogP contribution in [0.1, 0.15) is 39.0 Å². The molecule has 0 radical (unpaired) electrons. The molecule has 1 saturated carbocycles. The van der Waals surface area contributed by atoms with Gasteiger partial charge in [0.15, 0.2) is 0 Å². The van der Waals surface area contributed by atoms with Crippen LogP contribution in [0.4, 0.5) is 0 Å². The number of rotatable bonds is 5. The van der Waals surface area contributed by atoms with Gasteiger partial charge in [-0.15, -0.1) is 11.6 Å². The lowest BCUT2D eigenvalue weighted by Gasteiger charge is -2.37. The number of amides is 1. The maximum absolute atomic E-state index is 11.6. The third kappa shape index (κ3) is 2.87. The van der Waals surface area contributed by atoms with Gasteiger partial charge in [0.05, 0.1) is 0 Å². The van der Waals surface area contributed by atoms with E-state index < -0.39 is 0 Å². The Labute approximate surface area is 85.2 Å². The molecule has 0 atom stereocenters. The van der Waals surface area contributed by atoms with Gasteiger partial charge in [-0.25, -0.2) is 0 Å². The van der Waals surface area contributed by atoms with Gasteiger partial charge in [-0.1, -0.05) is 6.92 Å². The highest BCUT2D eigenvalue weighted by Crippen LogP contribution is 2.25. The molecule has 0 bridgehead atoms. The van der Waals surface area contributed by atoms with Crippen molar-refractivity contribution in [3.8, 4) is 0 Å². The molecule has 3 heteroatoms. The molecule has 13 heavy (non-hydrogen) atoms. The number of nitrogens with zero attached hydrogens (tertiary/aromatic N) is 1. The van der Waals surface area contributed by atoms with E-state index in [1.54, 1.807) is 0 Å². The van der Waals surface area contributed by atoms with E-state index in [0.717, 1.165) is 13.0 Å². The summed E-state index contributed by atoms with van der Waals surface area (Å²) in [6.45, 7) is 2.77. The second-order valence-electron chi connectivity index (χ2n) is 3.61. The smallest absolute Gasteiger partial charge is 0.222 e. The number of hydrogen-bond acceptors (Lipinski definition) is 1. The van der Waals surface area contributed by atoms with E-state index in [1.807, 2.05) is 11.8 Å². The van der Waals surface area contributed by atoms with Crippen molar-refractivity contribution in [3.63, 3.8) is 0 Å². The van der Waals surface area contributed by atoms with Crippen molar-refractivity contribution in [1.82, 2.24) is 4.90 Å². The van der Waals surface area contributed by atoms with Crippen LogP contribution in [0.25, 0.3) is 0 Å². The lowest BCUT2D eigenvalue weighted by molar-refractivity contribution is -0.134. The van der Waals surface area contributed by atoms with Gasteiger partial charge < -0.3 is 4.90 Å². The highest BCUT2D eigenvalue weighted by molar-refractivity contribution is 6.18. The molecule has 0 aliphatic heterocycles. The third-order valence-electron chi connectivity index (χ3n) is 2.63. The van der Waals surface area contributed by atoms with Crippen LogP contribution in [-0.2, 0) is 4.79 Å². The number of hydrogen-bond donors (Lipinski definition) is 0. The molecule has 1 aliphatic carbocycles. The molecular formula is C10H18ClNO. The summed E-state index contributed by atoms with van der Waals surface area (Å²) in [6.07, 6.45) is 5.22. The van der Waals surface area contributed by atoms with E-state index in [0.29, 0.717) is 18.3 Å². The molecule has 1 aliphatic rings. The summed E-state index contributed by atoms with van der Waals surface area (Å²) in [5.41, 5.74) is 0. The molecule has 0 heterocycles. The van der Waals surface area contributed by atoms with Crippen LogP contribution in [-0.4, -0.2) is 29.3 Å². The van der Waals surface area contributed by atoms with Crippen LogP contribution in [0.3, 0.4) is 0 Å². The second kappa shape index (κ2) is 5.48. The number of halogens is 1. The van der Waals surface area contributed by atoms with Crippen molar-refractivity contribution in [2.75, 3.05) is 12.4 Å². The van der Waals surface area contributed by atoms with Gasteiger partial charge in [0.2, 0.25) is 5.91 Å². The van der Waals surface area contributed by atoms with Crippen LogP contribution in [0.2, 0.25) is 0 Å². The molecule has 2 nitrogen and oxygen atoms in total. The highest BCUT2D eigenvalue weighted by Gasteiger charge is 2.27. The minimum Gasteiger partial charge on any atom is -0.339 e.